The summed E-state index contributed by atoms with van der Waals surface area (Å²) in [6, 6.07) is 9.22. The third-order valence-electron chi connectivity index (χ3n) is 1.61. The molecule has 0 radical (unpaired) electrons. The summed E-state index contributed by atoms with van der Waals surface area (Å²) in [5, 5.41) is 17.2. The van der Waals surface area contributed by atoms with Crippen molar-refractivity contribution in [1.82, 2.24) is 0 Å². The highest BCUT2D eigenvalue weighted by Gasteiger charge is 2.16. The van der Waals surface area contributed by atoms with Gasteiger partial charge >= 0.3 is 7.32 Å². The average molecular weight is 178 g/mol. The van der Waals surface area contributed by atoms with E-state index in [1.807, 2.05) is 30.3 Å². The van der Waals surface area contributed by atoms with Crippen LogP contribution in [0.3, 0.4) is 0 Å². The van der Waals surface area contributed by atoms with Gasteiger partial charge in [0.05, 0.1) is 6.10 Å². The summed E-state index contributed by atoms with van der Waals surface area (Å²) in [6.45, 7) is 3.54. The summed E-state index contributed by atoms with van der Waals surface area (Å²) < 4.78 is 4.78. The van der Waals surface area contributed by atoms with Crippen molar-refractivity contribution in [2.75, 3.05) is 0 Å². The maximum absolute atomic E-state index is 8.60. The summed E-state index contributed by atoms with van der Waals surface area (Å²) in [6.07, 6.45) is 1.02. The fraction of sp³-hybridized carbons (Fsp3) is 0.111. The van der Waals surface area contributed by atoms with Crippen LogP contribution in [0, 0.1) is 0 Å². The third kappa shape index (κ3) is 3.03. The van der Waals surface area contributed by atoms with E-state index in [-0.39, 0.29) is 0 Å². The van der Waals surface area contributed by atoms with Crippen molar-refractivity contribution in [2.45, 2.75) is 6.10 Å². The highest BCUT2D eigenvalue weighted by Crippen LogP contribution is 2.17. The fourth-order valence-electron chi connectivity index (χ4n) is 1.04. The van der Waals surface area contributed by atoms with Crippen LogP contribution < -0.4 is 0 Å². The van der Waals surface area contributed by atoms with Gasteiger partial charge in [0.1, 0.15) is 0 Å². The van der Waals surface area contributed by atoms with Crippen molar-refractivity contribution in [3.05, 3.63) is 48.6 Å². The van der Waals surface area contributed by atoms with Crippen molar-refractivity contribution < 1.29 is 14.7 Å². The van der Waals surface area contributed by atoms with Gasteiger partial charge in [0.25, 0.3) is 0 Å². The van der Waals surface area contributed by atoms with Gasteiger partial charge in [0.15, 0.2) is 0 Å². The smallest absolute Gasteiger partial charge is 0.402 e. The molecule has 0 bridgehead atoms. The second kappa shape index (κ2) is 4.82. The maximum Gasteiger partial charge on any atom is 0.634 e. The molecular weight excluding hydrogens is 167 g/mol. The van der Waals surface area contributed by atoms with Crippen LogP contribution in [-0.4, -0.2) is 17.4 Å². The lowest BCUT2D eigenvalue weighted by atomic mass is 10.1. The van der Waals surface area contributed by atoms with Crippen LogP contribution in [0.1, 0.15) is 11.7 Å². The average Bonchev–Trinajstić information content (AvgIpc) is 2.15. The van der Waals surface area contributed by atoms with Gasteiger partial charge in [-0.05, 0) is 5.56 Å². The molecule has 0 aliphatic carbocycles. The van der Waals surface area contributed by atoms with Crippen LogP contribution in [0.25, 0.3) is 0 Å². The molecule has 1 unspecified atom stereocenters. The van der Waals surface area contributed by atoms with E-state index < -0.39 is 13.4 Å². The zero-order chi connectivity index (χ0) is 9.68. The van der Waals surface area contributed by atoms with E-state index in [9.17, 15) is 0 Å². The normalized spacial score (nSPS) is 12.2. The minimum atomic E-state index is -1.77. The van der Waals surface area contributed by atoms with E-state index in [0.717, 1.165) is 5.56 Å². The fourth-order valence-corrected chi connectivity index (χ4v) is 1.04. The number of hydrogen-bond acceptors (Lipinski definition) is 3. The molecule has 0 heterocycles. The predicted octanol–water partition coefficient (Wildman–Crippen LogP) is 0.900. The van der Waals surface area contributed by atoms with Crippen molar-refractivity contribution in [1.29, 1.82) is 0 Å². The Hall–Kier alpha value is -1.10. The second-order valence-electron chi connectivity index (χ2n) is 2.53. The van der Waals surface area contributed by atoms with Gasteiger partial charge in [-0.3, -0.25) is 0 Å². The van der Waals surface area contributed by atoms with E-state index in [1.54, 1.807) is 0 Å². The molecule has 4 heteroatoms. The number of rotatable bonds is 4. The molecule has 13 heavy (non-hydrogen) atoms. The maximum atomic E-state index is 8.60. The van der Waals surface area contributed by atoms with Crippen molar-refractivity contribution in [3.8, 4) is 0 Å². The second-order valence-corrected chi connectivity index (χ2v) is 2.53. The highest BCUT2D eigenvalue weighted by atomic mass is 16.6. The zero-order valence-corrected chi connectivity index (χ0v) is 7.13. The summed E-state index contributed by atoms with van der Waals surface area (Å²) in [4.78, 5) is 0. The molecule has 68 valence electrons. The molecule has 1 aromatic rings. The summed E-state index contributed by atoms with van der Waals surface area (Å²) >= 11 is 0. The zero-order valence-electron chi connectivity index (χ0n) is 7.13. The first kappa shape index (κ1) is 9.99. The lowest BCUT2D eigenvalue weighted by Crippen LogP contribution is -2.19. The molecule has 0 spiro atoms. The Kier molecular flexibility index (Phi) is 3.70. The SMILES string of the molecule is C=CC(OB(O)O)c1ccccc1. The van der Waals surface area contributed by atoms with Gasteiger partial charge in [-0.25, -0.2) is 0 Å². The lowest BCUT2D eigenvalue weighted by Gasteiger charge is -2.13. The standard InChI is InChI=1S/C9H11BO3/c1-2-9(13-10(11)12)8-6-4-3-5-7-8/h2-7,9,11-12H,1H2. The first-order valence-corrected chi connectivity index (χ1v) is 3.93. The molecule has 0 saturated heterocycles. The largest absolute Gasteiger partial charge is 0.634 e. The van der Waals surface area contributed by atoms with E-state index in [4.69, 9.17) is 14.7 Å². The molecule has 3 nitrogen and oxygen atoms in total. The Labute approximate surface area is 77.5 Å². The van der Waals surface area contributed by atoms with Gasteiger partial charge in [-0.15, -0.1) is 6.58 Å². The van der Waals surface area contributed by atoms with E-state index in [2.05, 4.69) is 6.58 Å². The van der Waals surface area contributed by atoms with Gasteiger partial charge in [-0.1, -0.05) is 36.4 Å². The molecule has 0 aromatic heterocycles. The number of hydrogen-bond donors (Lipinski definition) is 2. The van der Waals surface area contributed by atoms with Crippen molar-refractivity contribution >= 4 is 7.32 Å². The van der Waals surface area contributed by atoms with E-state index in [0.29, 0.717) is 0 Å². The van der Waals surface area contributed by atoms with Gasteiger partial charge < -0.3 is 14.7 Å². The Morgan fingerprint density at radius 3 is 2.38 bits per heavy atom. The highest BCUT2D eigenvalue weighted by molar-refractivity contribution is 6.32. The predicted molar refractivity (Wildman–Crippen MR) is 50.7 cm³/mol. The molecule has 1 aromatic carbocycles. The Bertz CT molecular complexity index is 261. The van der Waals surface area contributed by atoms with Crippen LogP contribution >= 0.6 is 0 Å². The van der Waals surface area contributed by atoms with Gasteiger partial charge in [0, 0.05) is 0 Å². The third-order valence-corrected chi connectivity index (χ3v) is 1.61. The van der Waals surface area contributed by atoms with Gasteiger partial charge in [-0.2, -0.15) is 0 Å². The Morgan fingerprint density at radius 1 is 1.31 bits per heavy atom. The van der Waals surface area contributed by atoms with Crippen LogP contribution in [0.4, 0.5) is 0 Å². The molecule has 1 rings (SSSR count). The first-order valence-electron chi connectivity index (χ1n) is 3.93. The summed E-state index contributed by atoms with van der Waals surface area (Å²) in [7, 11) is -1.77. The molecule has 0 amide bonds. The van der Waals surface area contributed by atoms with Crippen LogP contribution in [-0.2, 0) is 4.65 Å². The molecule has 1 atom stereocenters. The molecule has 0 aliphatic rings. The Morgan fingerprint density at radius 2 is 1.92 bits per heavy atom. The van der Waals surface area contributed by atoms with E-state index in [1.165, 1.54) is 6.08 Å². The molecule has 0 fully saturated rings. The lowest BCUT2D eigenvalue weighted by molar-refractivity contribution is 0.148. The molecule has 2 N–H and O–H groups in total. The number of benzene rings is 1. The van der Waals surface area contributed by atoms with Crippen LogP contribution in [0.2, 0.25) is 0 Å². The minimum absolute atomic E-state index is 0.485. The topological polar surface area (TPSA) is 49.7 Å². The van der Waals surface area contributed by atoms with Crippen LogP contribution in [0.5, 0.6) is 0 Å². The molecule has 0 aliphatic heterocycles. The molecule has 0 saturated carbocycles. The monoisotopic (exact) mass is 178 g/mol. The Balaban J connectivity index is 2.73. The molecular formula is C9H11BO3. The quantitative estimate of drug-likeness (QED) is 0.531. The minimum Gasteiger partial charge on any atom is -0.402 e. The summed E-state index contributed by atoms with van der Waals surface area (Å²) in [5.41, 5.74) is 0.839. The van der Waals surface area contributed by atoms with E-state index >= 15 is 0 Å². The van der Waals surface area contributed by atoms with Crippen molar-refractivity contribution in [3.63, 3.8) is 0 Å². The van der Waals surface area contributed by atoms with Gasteiger partial charge in [0.2, 0.25) is 0 Å². The van der Waals surface area contributed by atoms with Crippen LogP contribution in [0.15, 0.2) is 43.0 Å². The van der Waals surface area contributed by atoms with Crippen molar-refractivity contribution in [2.24, 2.45) is 0 Å². The first-order chi connectivity index (χ1) is 6.24. The summed E-state index contributed by atoms with van der Waals surface area (Å²) in [5.74, 6) is 0.